The average Bonchev–Trinajstić information content (AvgIpc) is 1.92. The third kappa shape index (κ3) is 195. The number of carbonyl (C=O) groups excluding carboxylic acids is 4. The van der Waals surface area contributed by atoms with Crippen LogP contribution in [0.4, 0.5) is 0 Å². The van der Waals surface area contributed by atoms with E-state index in [0.717, 1.165) is 0 Å². The summed E-state index contributed by atoms with van der Waals surface area (Å²) in [5.74, 6) is 0. The van der Waals surface area contributed by atoms with Crippen molar-refractivity contribution in [2.45, 2.75) is 0 Å². The summed E-state index contributed by atoms with van der Waals surface area (Å²) in [6, 6.07) is 0. The minimum absolute atomic E-state index is 0. The summed E-state index contributed by atoms with van der Waals surface area (Å²) in [6.07, 6.45) is 2.00. The normalized spacial score (nSPS) is 2.46. The molecule has 0 heterocycles. The second-order valence-electron chi connectivity index (χ2n) is 0.365. The molecular formula is C4N4O4Ru. The molecule has 0 aliphatic heterocycles. The molecule has 9 heteroatoms. The van der Waals surface area contributed by atoms with Crippen LogP contribution in [0.1, 0.15) is 0 Å². The first-order valence-corrected chi connectivity index (χ1v) is 1.71. The van der Waals surface area contributed by atoms with Crippen LogP contribution in [-0.2, 0) is 38.7 Å². The average molecular weight is 269 g/mol. The van der Waals surface area contributed by atoms with Crippen LogP contribution in [0.3, 0.4) is 0 Å². The smallest absolute Gasteiger partial charge is 0.724 e. The van der Waals surface area contributed by atoms with Gasteiger partial charge in [-0.05, 0) is 24.3 Å². The van der Waals surface area contributed by atoms with E-state index in [1.165, 1.54) is 0 Å². The molecule has 0 saturated heterocycles. The Bertz CT molecular complexity index is 156. The maximum absolute atomic E-state index is 8.24. The molecule has 0 amide bonds. The van der Waals surface area contributed by atoms with Gasteiger partial charge in [0.25, 0.3) is 0 Å². The van der Waals surface area contributed by atoms with Gasteiger partial charge in [0, 0.05) is 0 Å². The van der Waals surface area contributed by atoms with E-state index in [0.29, 0.717) is 24.3 Å². The number of hydrogen-bond donors (Lipinski definition) is 0. The van der Waals surface area contributed by atoms with Crippen LogP contribution >= 0.6 is 0 Å². The standard InChI is InChI=1S/4CNO.Ru/c4*2-1-3;/q4*-1;+4. The second kappa shape index (κ2) is 185. The molecule has 0 unspecified atom stereocenters. The zero-order chi connectivity index (χ0) is 10.8. The summed E-state index contributed by atoms with van der Waals surface area (Å²) in [5.41, 5.74) is 0. The van der Waals surface area contributed by atoms with Crippen molar-refractivity contribution < 1.29 is 38.7 Å². The monoisotopic (exact) mass is 270 g/mol. The third-order valence-electron chi connectivity index (χ3n) is 0. The maximum Gasteiger partial charge on any atom is 4.00 e. The van der Waals surface area contributed by atoms with Gasteiger partial charge in [-0.3, -0.25) is 19.2 Å². The van der Waals surface area contributed by atoms with Gasteiger partial charge >= 0.3 is 19.5 Å². The fourth-order valence-electron chi connectivity index (χ4n) is 0. The van der Waals surface area contributed by atoms with Gasteiger partial charge in [0.15, 0.2) is 0 Å². The third-order valence-corrected chi connectivity index (χ3v) is 0. The fourth-order valence-corrected chi connectivity index (χ4v) is 0. The van der Waals surface area contributed by atoms with Gasteiger partial charge in [-0.25, -0.2) is 0 Å². The first-order valence-electron chi connectivity index (χ1n) is 1.71. The number of rotatable bonds is 0. The summed E-state index contributed by atoms with van der Waals surface area (Å²) < 4.78 is 0. The maximum atomic E-state index is 8.24. The van der Waals surface area contributed by atoms with Gasteiger partial charge in [0.05, 0.1) is 0 Å². The van der Waals surface area contributed by atoms with Crippen LogP contribution in [0.2, 0.25) is 0 Å². The van der Waals surface area contributed by atoms with Gasteiger partial charge in [-0.1, -0.05) is 0 Å². The molecule has 68 valence electrons. The Kier molecular flexibility index (Phi) is 431. The Morgan fingerprint density at radius 3 is 0.538 bits per heavy atom. The molecule has 0 saturated carbocycles. The molecular weight excluding hydrogens is 269 g/mol. The molecule has 0 fully saturated rings. The van der Waals surface area contributed by atoms with Crippen molar-refractivity contribution in [3.05, 3.63) is 21.6 Å². The predicted octanol–water partition coefficient (Wildman–Crippen LogP) is -0.436. The summed E-state index contributed by atoms with van der Waals surface area (Å²) >= 11 is 0. The van der Waals surface area contributed by atoms with Gasteiger partial charge in [-0.2, -0.15) is 0 Å². The Hall–Kier alpha value is -1.86. The predicted molar refractivity (Wildman–Crippen MR) is 36.2 cm³/mol. The fraction of sp³-hybridized carbons (Fsp3) is 0. The van der Waals surface area contributed by atoms with Crippen LogP contribution in [0.5, 0.6) is 0 Å². The molecule has 0 aromatic carbocycles. The quantitative estimate of drug-likeness (QED) is 0.331. The summed E-state index contributed by atoms with van der Waals surface area (Å²) in [5, 5.41) is 27.1. The van der Waals surface area contributed by atoms with Gasteiger partial charge in [0.2, 0.25) is 0 Å². The zero-order valence-corrected chi connectivity index (χ0v) is 7.51. The number of isocyanates is 4. The first-order chi connectivity index (χ1) is 5.66. The number of hydrogen-bond acceptors (Lipinski definition) is 4. The van der Waals surface area contributed by atoms with E-state index in [9.17, 15) is 0 Å². The molecule has 0 atom stereocenters. The molecule has 13 heavy (non-hydrogen) atoms. The molecule has 0 aromatic rings. The van der Waals surface area contributed by atoms with Crippen molar-refractivity contribution >= 4 is 24.3 Å². The van der Waals surface area contributed by atoms with Crippen LogP contribution < -0.4 is 0 Å². The summed E-state index contributed by atoms with van der Waals surface area (Å²) in [7, 11) is 0. The topological polar surface area (TPSA) is 157 Å². The van der Waals surface area contributed by atoms with Crippen LogP contribution in [0.15, 0.2) is 0 Å². The van der Waals surface area contributed by atoms with E-state index in [2.05, 4.69) is 0 Å². The minimum Gasteiger partial charge on any atom is -0.724 e. The largest absolute Gasteiger partial charge is 4.00 e. The Morgan fingerprint density at radius 2 is 0.538 bits per heavy atom. The van der Waals surface area contributed by atoms with E-state index in [1.807, 2.05) is 0 Å². The van der Waals surface area contributed by atoms with Gasteiger partial charge in [-0.15, -0.1) is 0 Å². The van der Waals surface area contributed by atoms with Crippen LogP contribution in [-0.4, -0.2) is 24.3 Å². The molecule has 0 radical (unpaired) electrons. The van der Waals surface area contributed by atoms with E-state index >= 15 is 0 Å². The van der Waals surface area contributed by atoms with Crippen molar-refractivity contribution in [3.8, 4) is 0 Å². The Labute approximate surface area is 85.1 Å². The molecule has 0 aromatic heterocycles. The molecule has 0 spiro atoms. The van der Waals surface area contributed by atoms with Crippen LogP contribution in [0, 0.1) is 0 Å². The molecule has 0 bridgehead atoms. The number of nitrogens with zero attached hydrogens (tertiary/aromatic N) is 4. The second-order valence-corrected chi connectivity index (χ2v) is 0.365. The van der Waals surface area contributed by atoms with E-state index in [1.54, 1.807) is 0 Å². The first kappa shape index (κ1) is 30.4. The molecule has 0 rings (SSSR count). The minimum atomic E-state index is 0. The SMILES string of the molecule is [N-]=C=O.[N-]=C=O.[N-]=C=O.[N-]=C=O.[Ru+4]. The van der Waals surface area contributed by atoms with Crippen molar-refractivity contribution in [3.63, 3.8) is 0 Å². The van der Waals surface area contributed by atoms with E-state index < -0.39 is 0 Å². The molecule has 0 N–H and O–H groups in total. The van der Waals surface area contributed by atoms with E-state index in [4.69, 9.17) is 40.8 Å². The van der Waals surface area contributed by atoms with Crippen molar-refractivity contribution in [2.75, 3.05) is 0 Å². The molecule has 0 aliphatic carbocycles. The Morgan fingerprint density at radius 1 is 0.538 bits per heavy atom. The molecule has 0 aliphatic rings. The van der Waals surface area contributed by atoms with Crippen molar-refractivity contribution in [1.29, 1.82) is 0 Å². The van der Waals surface area contributed by atoms with Crippen molar-refractivity contribution in [2.24, 2.45) is 0 Å². The van der Waals surface area contributed by atoms with Crippen LogP contribution in [0.25, 0.3) is 21.6 Å². The van der Waals surface area contributed by atoms with Gasteiger partial charge in [0.1, 0.15) is 0 Å². The molecule has 8 nitrogen and oxygen atoms in total. The summed E-state index contributed by atoms with van der Waals surface area (Å²) in [6.45, 7) is 0. The van der Waals surface area contributed by atoms with Gasteiger partial charge < -0.3 is 21.6 Å². The Balaban J connectivity index is -0.0000000213. The van der Waals surface area contributed by atoms with E-state index in [-0.39, 0.29) is 19.5 Å². The summed E-state index contributed by atoms with van der Waals surface area (Å²) in [4.78, 5) is 32.9. The van der Waals surface area contributed by atoms with Crippen molar-refractivity contribution in [1.82, 2.24) is 0 Å². The zero-order valence-electron chi connectivity index (χ0n) is 5.78.